The van der Waals surface area contributed by atoms with Gasteiger partial charge in [0.25, 0.3) is 0 Å². The van der Waals surface area contributed by atoms with Crippen LogP contribution in [0.2, 0.25) is 0 Å². The molecule has 0 spiro atoms. The molecule has 1 aliphatic carbocycles. The summed E-state index contributed by atoms with van der Waals surface area (Å²) in [6, 6.07) is 63.6. The molecule has 0 atom stereocenters. The predicted molar refractivity (Wildman–Crippen MR) is 255 cm³/mol. The van der Waals surface area contributed by atoms with Gasteiger partial charge < -0.3 is 0 Å². The van der Waals surface area contributed by atoms with E-state index in [1.54, 1.807) is 0 Å². The first-order chi connectivity index (χ1) is 28.8. The van der Waals surface area contributed by atoms with Crippen LogP contribution in [0, 0.1) is 0 Å². The third kappa shape index (κ3) is 5.26. The van der Waals surface area contributed by atoms with E-state index in [-0.39, 0.29) is 0 Å². The van der Waals surface area contributed by atoms with E-state index in [9.17, 15) is 0 Å². The summed E-state index contributed by atoms with van der Waals surface area (Å²) in [6.45, 7) is 0. The minimum atomic E-state index is 0.980. The Bertz CT molecular complexity index is 3680. The quantitative estimate of drug-likeness (QED) is 0.168. The van der Waals surface area contributed by atoms with Crippen molar-refractivity contribution in [3.8, 4) is 11.1 Å². The molecule has 2 heteroatoms. The van der Waals surface area contributed by atoms with Gasteiger partial charge in [0.1, 0.15) is 0 Å². The van der Waals surface area contributed by atoms with E-state index in [4.69, 9.17) is 0 Å². The molecule has 0 aliphatic heterocycles. The molecular formula is C56H36S2. The highest BCUT2D eigenvalue weighted by Crippen LogP contribution is 2.47. The summed E-state index contributed by atoms with van der Waals surface area (Å²) in [6.07, 6.45) is 11.4. The molecule has 12 rings (SSSR count). The second kappa shape index (κ2) is 13.5. The van der Waals surface area contributed by atoms with Crippen molar-refractivity contribution < 1.29 is 0 Å². The van der Waals surface area contributed by atoms with Crippen molar-refractivity contribution in [3.05, 3.63) is 216 Å². The molecule has 272 valence electrons. The summed E-state index contributed by atoms with van der Waals surface area (Å²) in [4.78, 5) is 0. The van der Waals surface area contributed by atoms with Crippen LogP contribution in [0.3, 0.4) is 0 Å². The van der Waals surface area contributed by atoms with Crippen LogP contribution in [0.4, 0.5) is 0 Å². The molecule has 0 saturated carbocycles. The SMILES string of the molecule is C1=C/C(c2cccc3ccccc23)=c2/cccc/c2=C(c2ccc(-c3cc4c5ccccc5sc4c4cc5sc6ccccc6c5cc34)c3ccccc23)/C=C/CC1. The highest BCUT2D eigenvalue weighted by molar-refractivity contribution is 7.27. The maximum atomic E-state index is 2.49. The first-order valence-corrected chi connectivity index (χ1v) is 21.8. The van der Waals surface area contributed by atoms with Gasteiger partial charge in [-0.05, 0) is 114 Å². The Kier molecular flexibility index (Phi) is 7.82. The van der Waals surface area contributed by atoms with Gasteiger partial charge in [0.05, 0.1) is 0 Å². The lowest BCUT2D eigenvalue weighted by atomic mass is 9.87. The van der Waals surface area contributed by atoms with E-state index in [0.29, 0.717) is 0 Å². The summed E-state index contributed by atoms with van der Waals surface area (Å²) in [5.74, 6) is 0. The van der Waals surface area contributed by atoms with Crippen molar-refractivity contribution in [3.63, 3.8) is 0 Å². The number of rotatable bonds is 3. The van der Waals surface area contributed by atoms with Crippen LogP contribution in [0.25, 0.3) is 94.9 Å². The largest absolute Gasteiger partial charge is 0.135 e. The third-order valence-electron chi connectivity index (χ3n) is 12.1. The zero-order chi connectivity index (χ0) is 38.2. The molecule has 0 N–H and O–H groups in total. The molecule has 11 aromatic rings. The fraction of sp³-hybridized carbons (Fsp3) is 0.0357. The van der Waals surface area contributed by atoms with Gasteiger partial charge in [-0.25, -0.2) is 0 Å². The monoisotopic (exact) mass is 772 g/mol. The van der Waals surface area contributed by atoms with Crippen LogP contribution in [0.1, 0.15) is 24.0 Å². The summed E-state index contributed by atoms with van der Waals surface area (Å²) in [7, 11) is 0. The fourth-order valence-electron chi connectivity index (χ4n) is 9.46. The van der Waals surface area contributed by atoms with Crippen molar-refractivity contribution in [1.29, 1.82) is 0 Å². The molecule has 0 saturated heterocycles. The highest BCUT2D eigenvalue weighted by Gasteiger charge is 2.19. The Morgan fingerprint density at radius 2 is 0.845 bits per heavy atom. The van der Waals surface area contributed by atoms with Gasteiger partial charge in [0.15, 0.2) is 0 Å². The standard InChI is InChI=1S/C56H36S2/c1-2-4-20-41(40-22-8-7-21-39(40)38(19-3-1)37-27-15-17-35-16-5-6-18-36(35)37)44-30-31-45(43-24-10-9-23-42(43)44)48-33-51-47-26-12-14-29-54(47)58-56(51)52-34-55-50(32-49(48)52)46-25-11-13-28-53(46)57-55/h3-34H,1-2H2/b19-3?,20-4+,39-38+,41-40+. The summed E-state index contributed by atoms with van der Waals surface area (Å²) < 4.78 is 5.38. The Balaban J connectivity index is 1.18. The Morgan fingerprint density at radius 1 is 0.310 bits per heavy atom. The van der Waals surface area contributed by atoms with Crippen molar-refractivity contribution in [2.45, 2.75) is 12.8 Å². The van der Waals surface area contributed by atoms with E-state index in [1.165, 1.54) is 116 Å². The molecular weight excluding hydrogens is 737 g/mol. The van der Waals surface area contributed by atoms with Gasteiger partial charge in [-0.15, -0.1) is 22.7 Å². The zero-order valence-corrected chi connectivity index (χ0v) is 33.3. The number of allylic oxidation sites excluding steroid dienone is 4. The number of fused-ring (bicyclic) bond motifs is 11. The van der Waals surface area contributed by atoms with Gasteiger partial charge in [0.2, 0.25) is 0 Å². The fourth-order valence-corrected chi connectivity index (χ4v) is 11.8. The molecule has 0 amide bonds. The van der Waals surface area contributed by atoms with Crippen molar-refractivity contribution in [2.24, 2.45) is 0 Å². The topological polar surface area (TPSA) is 0 Å². The molecule has 0 nitrogen and oxygen atoms in total. The molecule has 0 radical (unpaired) electrons. The lowest BCUT2D eigenvalue weighted by molar-refractivity contribution is 1.05. The number of thiophene rings is 2. The normalized spacial score (nSPS) is 15.9. The minimum absolute atomic E-state index is 0.980. The minimum Gasteiger partial charge on any atom is -0.135 e. The van der Waals surface area contributed by atoms with E-state index in [0.717, 1.165) is 12.8 Å². The van der Waals surface area contributed by atoms with E-state index in [2.05, 4.69) is 194 Å². The molecule has 9 aromatic carbocycles. The molecule has 2 heterocycles. The third-order valence-corrected chi connectivity index (χ3v) is 14.5. The lowest BCUT2D eigenvalue weighted by Crippen LogP contribution is -2.29. The molecule has 58 heavy (non-hydrogen) atoms. The smallest absolute Gasteiger partial charge is 0.0434 e. The second-order valence-corrected chi connectivity index (χ2v) is 17.5. The van der Waals surface area contributed by atoms with Crippen molar-refractivity contribution >= 4 is 106 Å². The predicted octanol–water partition coefficient (Wildman–Crippen LogP) is 14.9. The number of benzene rings is 9. The molecule has 0 unspecified atom stereocenters. The molecule has 2 aromatic heterocycles. The van der Waals surface area contributed by atoms with Gasteiger partial charge >= 0.3 is 0 Å². The van der Waals surface area contributed by atoms with Crippen molar-refractivity contribution in [1.82, 2.24) is 0 Å². The Labute approximate surface area is 344 Å². The van der Waals surface area contributed by atoms with Gasteiger partial charge in [0, 0.05) is 45.7 Å². The van der Waals surface area contributed by atoms with Gasteiger partial charge in [-0.2, -0.15) is 0 Å². The Morgan fingerprint density at radius 3 is 1.59 bits per heavy atom. The van der Waals surface area contributed by atoms with Crippen molar-refractivity contribution in [2.75, 3.05) is 0 Å². The van der Waals surface area contributed by atoms with Crippen LogP contribution < -0.4 is 10.4 Å². The molecule has 0 bridgehead atoms. The first kappa shape index (κ1) is 33.5. The van der Waals surface area contributed by atoms with Crippen LogP contribution in [0.15, 0.2) is 194 Å². The average Bonchev–Trinajstić information content (AvgIpc) is 3.84. The number of hydrogen-bond acceptors (Lipinski definition) is 2. The van der Waals surface area contributed by atoms with Crippen LogP contribution >= 0.6 is 22.7 Å². The highest BCUT2D eigenvalue weighted by atomic mass is 32.1. The maximum absolute atomic E-state index is 2.49. The first-order valence-electron chi connectivity index (χ1n) is 20.2. The summed E-state index contributed by atoms with van der Waals surface area (Å²) in [5, 5.41) is 15.5. The molecule has 0 fully saturated rings. The molecule has 1 aliphatic rings. The average molecular weight is 773 g/mol. The van der Waals surface area contributed by atoms with Crippen LogP contribution in [-0.4, -0.2) is 0 Å². The number of hydrogen-bond donors (Lipinski definition) is 0. The lowest BCUT2D eigenvalue weighted by Gasteiger charge is -2.16. The maximum Gasteiger partial charge on any atom is 0.0434 e. The van der Waals surface area contributed by atoms with E-state index < -0.39 is 0 Å². The Hall–Kier alpha value is -6.58. The van der Waals surface area contributed by atoms with E-state index in [1.807, 2.05) is 22.7 Å². The second-order valence-electron chi connectivity index (χ2n) is 15.4. The van der Waals surface area contributed by atoms with Crippen LogP contribution in [-0.2, 0) is 0 Å². The van der Waals surface area contributed by atoms with E-state index >= 15 is 0 Å². The zero-order valence-electron chi connectivity index (χ0n) is 31.7. The van der Waals surface area contributed by atoms with Crippen LogP contribution in [0.5, 0.6) is 0 Å². The summed E-state index contributed by atoms with van der Waals surface area (Å²) >= 11 is 3.82. The van der Waals surface area contributed by atoms with Gasteiger partial charge in [-0.3, -0.25) is 0 Å². The van der Waals surface area contributed by atoms with Gasteiger partial charge in [-0.1, -0.05) is 164 Å². The summed E-state index contributed by atoms with van der Waals surface area (Å²) in [5.41, 5.74) is 7.58.